The second-order valence-corrected chi connectivity index (χ2v) is 9.41. The summed E-state index contributed by atoms with van der Waals surface area (Å²) in [5.41, 5.74) is 4.56. The normalized spacial score (nSPS) is 22.9. The Morgan fingerprint density at radius 2 is 1.88 bits per heavy atom. The molecule has 4 heterocycles. The zero-order valence-electron chi connectivity index (χ0n) is 18.8. The second-order valence-electron chi connectivity index (χ2n) is 9.41. The van der Waals surface area contributed by atoms with Crippen LogP contribution in [0.15, 0.2) is 36.5 Å². The third-order valence-corrected chi connectivity index (χ3v) is 6.99. The predicted molar refractivity (Wildman–Crippen MR) is 127 cm³/mol. The molecule has 33 heavy (non-hydrogen) atoms. The molecule has 1 saturated heterocycles. The third-order valence-electron chi connectivity index (χ3n) is 6.99. The summed E-state index contributed by atoms with van der Waals surface area (Å²) in [5, 5.41) is 19.8. The van der Waals surface area contributed by atoms with E-state index in [9.17, 15) is 9.50 Å². The average molecular weight is 447 g/mol. The largest absolute Gasteiger partial charge is 0.507 e. The maximum atomic E-state index is 13.1. The van der Waals surface area contributed by atoms with Crippen LogP contribution in [0.4, 0.5) is 10.2 Å². The lowest BCUT2D eigenvalue weighted by atomic mass is 9.90. The van der Waals surface area contributed by atoms with Gasteiger partial charge in [0.05, 0.1) is 22.2 Å². The number of aromatic nitrogens is 4. The molecule has 8 heteroatoms. The van der Waals surface area contributed by atoms with E-state index in [1.807, 2.05) is 50.5 Å². The molecular formula is C25H27FN6O. The van der Waals surface area contributed by atoms with Crippen molar-refractivity contribution >= 4 is 27.8 Å². The number of aryl methyl sites for hydroxylation is 2. The van der Waals surface area contributed by atoms with Crippen LogP contribution in [0.5, 0.6) is 5.75 Å². The first-order valence-corrected chi connectivity index (χ1v) is 11.5. The van der Waals surface area contributed by atoms with Crippen molar-refractivity contribution in [1.82, 2.24) is 25.1 Å². The summed E-state index contributed by atoms with van der Waals surface area (Å²) in [6, 6.07) is 10.5. The maximum Gasteiger partial charge on any atom is 0.130 e. The highest BCUT2D eigenvalue weighted by molar-refractivity contribution is 5.91. The fourth-order valence-corrected chi connectivity index (χ4v) is 5.08. The topological polar surface area (TPSA) is 79.1 Å². The van der Waals surface area contributed by atoms with E-state index in [1.54, 1.807) is 4.68 Å². The SMILES string of the molecule is Cc1c(O)c(-c2ccc3nc(N4CCC(NC5CC(F)C5)C4)ccc3n2)cc2cn(C)nc12. The lowest BCUT2D eigenvalue weighted by molar-refractivity contribution is 0.148. The van der Waals surface area contributed by atoms with Gasteiger partial charge >= 0.3 is 0 Å². The van der Waals surface area contributed by atoms with Gasteiger partial charge in [0.15, 0.2) is 0 Å². The number of aromatic hydroxyl groups is 1. The molecule has 6 rings (SSSR count). The van der Waals surface area contributed by atoms with Crippen LogP contribution in [-0.2, 0) is 7.05 Å². The number of hydrogen-bond donors (Lipinski definition) is 2. The van der Waals surface area contributed by atoms with Crippen molar-refractivity contribution in [3.05, 3.63) is 42.1 Å². The minimum atomic E-state index is -0.628. The zero-order chi connectivity index (χ0) is 22.7. The Bertz CT molecular complexity index is 1360. The number of halogens is 1. The Morgan fingerprint density at radius 3 is 2.70 bits per heavy atom. The van der Waals surface area contributed by atoms with Crippen LogP contribution in [0.1, 0.15) is 24.8 Å². The molecule has 2 N–H and O–H groups in total. The zero-order valence-corrected chi connectivity index (χ0v) is 18.8. The average Bonchev–Trinajstić information content (AvgIpc) is 3.41. The van der Waals surface area contributed by atoms with E-state index in [-0.39, 0.29) is 5.75 Å². The molecule has 1 saturated carbocycles. The lowest BCUT2D eigenvalue weighted by Gasteiger charge is -2.33. The number of hydrogen-bond acceptors (Lipinski definition) is 6. The predicted octanol–water partition coefficient (Wildman–Crippen LogP) is 3.87. The summed E-state index contributed by atoms with van der Waals surface area (Å²) in [4.78, 5) is 11.9. The monoisotopic (exact) mass is 446 g/mol. The molecule has 0 amide bonds. The molecule has 2 fully saturated rings. The van der Waals surface area contributed by atoms with Crippen molar-refractivity contribution in [3.8, 4) is 17.0 Å². The van der Waals surface area contributed by atoms with E-state index < -0.39 is 6.17 Å². The first-order valence-electron chi connectivity index (χ1n) is 11.5. The number of pyridine rings is 2. The van der Waals surface area contributed by atoms with E-state index in [0.29, 0.717) is 36.2 Å². The Hall–Kier alpha value is -3.26. The van der Waals surface area contributed by atoms with Gasteiger partial charge in [-0.05, 0) is 56.5 Å². The van der Waals surface area contributed by atoms with Gasteiger partial charge in [-0.2, -0.15) is 5.10 Å². The van der Waals surface area contributed by atoms with Gasteiger partial charge in [0.25, 0.3) is 0 Å². The van der Waals surface area contributed by atoms with Gasteiger partial charge in [-0.25, -0.2) is 14.4 Å². The van der Waals surface area contributed by atoms with Crippen LogP contribution < -0.4 is 10.2 Å². The van der Waals surface area contributed by atoms with Gasteiger partial charge in [-0.15, -0.1) is 0 Å². The standard InChI is InChI=1S/C25H27FN6O/c1-14-24-15(12-31(2)30-24)9-19(25(14)33)20-3-4-22-21(28-20)5-6-23(29-22)32-8-7-17(13-32)27-18-10-16(26)11-18/h3-6,9,12,16-18,27,33H,7-8,10-11,13H2,1-2H3. The van der Waals surface area contributed by atoms with Crippen LogP contribution in [0.3, 0.4) is 0 Å². The molecule has 0 radical (unpaired) electrons. The van der Waals surface area contributed by atoms with Crippen LogP contribution in [0, 0.1) is 6.92 Å². The molecule has 0 spiro atoms. The summed E-state index contributed by atoms with van der Waals surface area (Å²) < 4.78 is 14.8. The van der Waals surface area contributed by atoms with E-state index in [0.717, 1.165) is 52.8 Å². The number of benzene rings is 1. The van der Waals surface area contributed by atoms with Crippen LogP contribution >= 0.6 is 0 Å². The number of phenolic OH excluding ortho intramolecular Hbond substituents is 1. The third kappa shape index (κ3) is 3.58. The number of rotatable bonds is 4. The maximum absolute atomic E-state index is 13.1. The molecule has 170 valence electrons. The molecule has 1 aliphatic heterocycles. The van der Waals surface area contributed by atoms with Gasteiger partial charge in [-0.1, -0.05) is 0 Å². The van der Waals surface area contributed by atoms with Gasteiger partial charge in [0.2, 0.25) is 0 Å². The molecule has 4 aromatic rings. The quantitative estimate of drug-likeness (QED) is 0.496. The van der Waals surface area contributed by atoms with Gasteiger partial charge in [-0.3, -0.25) is 4.68 Å². The Kier molecular flexibility index (Phi) is 4.72. The smallest absolute Gasteiger partial charge is 0.130 e. The summed E-state index contributed by atoms with van der Waals surface area (Å²) in [5.74, 6) is 1.15. The first kappa shape index (κ1) is 20.4. The Labute approximate surface area is 191 Å². The van der Waals surface area contributed by atoms with Crippen molar-refractivity contribution in [2.45, 2.75) is 44.4 Å². The van der Waals surface area contributed by atoms with Crippen molar-refractivity contribution < 1.29 is 9.50 Å². The van der Waals surface area contributed by atoms with Crippen molar-refractivity contribution in [1.29, 1.82) is 0 Å². The number of nitrogens with zero attached hydrogens (tertiary/aromatic N) is 5. The lowest BCUT2D eigenvalue weighted by Crippen LogP contribution is -2.48. The first-order chi connectivity index (χ1) is 15.9. The molecule has 2 aliphatic rings. The van der Waals surface area contributed by atoms with E-state index >= 15 is 0 Å². The van der Waals surface area contributed by atoms with Gasteiger partial charge < -0.3 is 15.3 Å². The van der Waals surface area contributed by atoms with E-state index in [1.165, 1.54) is 0 Å². The molecular weight excluding hydrogens is 419 g/mol. The van der Waals surface area contributed by atoms with Crippen LogP contribution in [0.2, 0.25) is 0 Å². The van der Waals surface area contributed by atoms with Crippen molar-refractivity contribution in [2.24, 2.45) is 7.05 Å². The summed E-state index contributed by atoms with van der Waals surface area (Å²) in [6.45, 7) is 3.70. The molecule has 1 aromatic carbocycles. The molecule has 1 unspecified atom stereocenters. The van der Waals surface area contributed by atoms with E-state index in [2.05, 4.69) is 15.3 Å². The molecule has 1 atom stereocenters. The number of phenols is 1. The Morgan fingerprint density at radius 1 is 1.09 bits per heavy atom. The number of fused-ring (bicyclic) bond motifs is 2. The summed E-state index contributed by atoms with van der Waals surface area (Å²) in [6.07, 6.45) is 3.64. The van der Waals surface area contributed by atoms with Crippen LogP contribution in [-0.4, -0.2) is 56.2 Å². The fraction of sp³-hybridized carbons (Fsp3) is 0.400. The highest BCUT2D eigenvalue weighted by Crippen LogP contribution is 2.36. The highest BCUT2D eigenvalue weighted by atomic mass is 19.1. The van der Waals surface area contributed by atoms with Crippen molar-refractivity contribution in [2.75, 3.05) is 18.0 Å². The number of nitrogens with one attached hydrogen (secondary N) is 1. The summed E-state index contributed by atoms with van der Waals surface area (Å²) >= 11 is 0. The minimum Gasteiger partial charge on any atom is -0.507 e. The van der Waals surface area contributed by atoms with Gasteiger partial charge in [0, 0.05) is 54.9 Å². The van der Waals surface area contributed by atoms with Gasteiger partial charge in [0.1, 0.15) is 17.7 Å². The number of anilines is 1. The molecule has 7 nitrogen and oxygen atoms in total. The summed E-state index contributed by atoms with van der Waals surface area (Å²) in [7, 11) is 1.87. The minimum absolute atomic E-state index is 0.207. The molecule has 3 aromatic heterocycles. The number of alkyl halides is 1. The van der Waals surface area contributed by atoms with Crippen LogP contribution in [0.25, 0.3) is 33.2 Å². The highest BCUT2D eigenvalue weighted by Gasteiger charge is 2.33. The molecule has 1 aliphatic carbocycles. The fourth-order valence-electron chi connectivity index (χ4n) is 5.08. The second kappa shape index (κ2) is 7.66. The molecule has 0 bridgehead atoms. The van der Waals surface area contributed by atoms with E-state index in [4.69, 9.17) is 9.97 Å². The Balaban J connectivity index is 1.26. The van der Waals surface area contributed by atoms with Crippen molar-refractivity contribution in [3.63, 3.8) is 0 Å².